The van der Waals surface area contributed by atoms with Gasteiger partial charge in [-0.2, -0.15) is 0 Å². The van der Waals surface area contributed by atoms with E-state index in [1.54, 1.807) is 24.3 Å². The summed E-state index contributed by atoms with van der Waals surface area (Å²) in [5.41, 5.74) is 3.73. The fourth-order valence-electron chi connectivity index (χ4n) is 4.32. The van der Waals surface area contributed by atoms with Gasteiger partial charge >= 0.3 is 0 Å². The quantitative estimate of drug-likeness (QED) is 0.301. The van der Waals surface area contributed by atoms with E-state index in [0.717, 1.165) is 16.7 Å². The summed E-state index contributed by atoms with van der Waals surface area (Å²) >= 11 is 0. The van der Waals surface area contributed by atoms with E-state index >= 15 is 0 Å². The number of para-hydroxylation sites is 1. The van der Waals surface area contributed by atoms with Crippen molar-refractivity contribution in [2.24, 2.45) is 0 Å². The summed E-state index contributed by atoms with van der Waals surface area (Å²) in [6.45, 7) is 8.27. The molecule has 1 saturated heterocycles. The summed E-state index contributed by atoms with van der Waals surface area (Å²) in [5.74, 6) is -1.22. The Hall–Kier alpha value is -3.86. The molecule has 0 bridgehead atoms. The van der Waals surface area contributed by atoms with Gasteiger partial charge in [0.1, 0.15) is 11.5 Å². The zero-order valence-electron chi connectivity index (χ0n) is 20.1. The van der Waals surface area contributed by atoms with Gasteiger partial charge in [0.05, 0.1) is 24.3 Å². The molecule has 1 aliphatic heterocycles. The lowest BCUT2D eigenvalue weighted by Crippen LogP contribution is -2.29. The number of carbonyl (C=O) groups is 2. The Morgan fingerprint density at radius 2 is 1.59 bits per heavy atom. The van der Waals surface area contributed by atoms with Gasteiger partial charge in [-0.05, 0) is 47.7 Å². The minimum Gasteiger partial charge on any atom is -0.507 e. The summed E-state index contributed by atoms with van der Waals surface area (Å²) in [7, 11) is 1.51. The minimum atomic E-state index is -0.776. The number of ketones is 1. The molecule has 1 unspecified atom stereocenters. The van der Waals surface area contributed by atoms with Crippen molar-refractivity contribution in [2.45, 2.75) is 39.2 Å². The van der Waals surface area contributed by atoms with Gasteiger partial charge in [0, 0.05) is 5.69 Å². The van der Waals surface area contributed by atoms with Crippen molar-refractivity contribution in [1.29, 1.82) is 0 Å². The Kier molecular flexibility index (Phi) is 6.05. The molecule has 1 aliphatic rings. The maximum Gasteiger partial charge on any atom is 0.300 e. The number of nitrogens with zero attached hydrogens (tertiary/aromatic N) is 1. The summed E-state index contributed by atoms with van der Waals surface area (Å²) < 4.78 is 5.44. The second-order valence-electron chi connectivity index (χ2n) is 9.58. The molecule has 0 aliphatic carbocycles. The van der Waals surface area contributed by atoms with Gasteiger partial charge < -0.3 is 9.84 Å². The van der Waals surface area contributed by atoms with Crippen LogP contribution in [-0.2, 0) is 15.0 Å². The first-order valence-electron chi connectivity index (χ1n) is 11.2. The first kappa shape index (κ1) is 23.3. The van der Waals surface area contributed by atoms with Crippen molar-refractivity contribution >= 4 is 23.1 Å². The molecular weight excluding hydrogens is 426 g/mol. The number of hydrogen-bond acceptors (Lipinski definition) is 4. The van der Waals surface area contributed by atoms with Crippen molar-refractivity contribution in [3.63, 3.8) is 0 Å². The molecule has 34 heavy (non-hydrogen) atoms. The molecule has 174 valence electrons. The van der Waals surface area contributed by atoms with Gasteiger partial charge in [-0.25, -0.2) is 0 Å². The lowest BCUT2D eigenvalue weighted by atomic mass is 9.85. The van der Waals surface area contributed by atoms with E-state index in [1.165, 1.54) is 12.0 Å². The fourth-order valence-corrected chi connectivity index (χ4v) is 4.32. The molecule has 4 rings (SSSR count). The highest BCUT2D eigenvalue weighted by atomic mass is 16.5. The zero-order valence-corrected chi connectivity index (χ0v) is 20.1. The zero-order chi connectivity index (χ0) is 24.6. The second kappa shape index (κ2) is 8.82. The second-order valence-corrected chi connectivity index (χ2v) is 9.58. The van der Waals surface area contributed by atoms with Gasteiger partial charge in [-0.3, -0.25) is 14.5 Å². The number of rotatable bonds is 4. The average Bonchev–Trinajstić information content (AvgIpc) is 3.09. The summed E-state index contributed by atoms with van der Waals surface area (Å²) in [6.07, 6.45) is 0. The van der Waals surface area contributed by atoms with E-state index in [1.807, 2.05) is 55.5 Å². The lowest BCUT2D eigenvalue weighted by Gasteiger charge is -2.26. The molecule has 5 heteroatoms. The Balaban J connectivity index is 1.96. The predicted octanol–water partition coefficient (Wildman–Crippen LogP) is 5.93. The number of aliphatic hydroxyl groups excluding tert-OH is 1. The third kappa shape index (κ3) is 4.10. The number of amides is 1. The van der Waals surface area contributed by atoms with Crippen molar-refractivity contribution < 1.29 is 19.4 Å². The van der Waals surface area contributed by atoms with Crippen molar-refractivity contribution in [3.8, 4) is 5.75 Å². The molecule has 0 saturated carbocycles. The van der Waals surface area contributed by atoms with E-state index in [4.69, 9.17) is 4.74 Å². The summed E-state index contributed by atoms with van der Waals surface area (Å²) in [4.78, 5) is 28.1. The maximum atomic E-state index is 13.3. The Bertz CT molecular complexity index is 1270. The molecule has 0 radical (unpaired) electrons. The highest BCUT2D eigenvalue weighted by molar-refractivity contribution is 6.51. The molecule has 1 heterocycles. The van der Waals surface area contributed by atoms with Crippen LogP contribution in [0.5, 0.6) is 5.75 Å². The van der Waals surface area contributed by atoms with Crippen LogP contribution in [0.15, 0.2) is 78.4 Å². The van der Waals surface area contributed by atoms with Crippen LogP contribution >= 0.6 is 0 Å². The number of anilines is 1. The van der Waals surface area contributed by atoms with Crippen LogP contribution in [-0.4, -0.2) is 23.9 Å². The lowest BCUT2D eigenvalue weighted by molar-refractivity contribution is -0.132. The first-order valence-corrected chi connectivity index (χ1v) is 11.2. The van der Waals surface area contributed by atoms with Crippen LogP contribution in [0.3, 0.4) is 0 Å². The molecule has 0 spiro atoms. The molecule has 1 N–H and O–H groups in total. The largest absolute Gasteiger partial charge is 0.507 e. The maximum absolute atomic E-state index is 13.3. The van der Waals surface area contributed by atoms with Crippen molar-refractivity contribution in [3.05, 3.63) is 101 Å². The Labute approximate surface area is 200 Å². The Morgan fingerprint density at radius 1 is 0.941 bits per heavy atom. The molecule has 3 aromatic rings. The van der Waals surface area contributed by atoms with Gasteiger partial charge in [0.25, 0.3) is 11.7 Å². The number of hydrogen-bond donors (Lipinski definition) is 1. The predicted molar refractivity (Wildman–Crippen MR) is 134 cm³/mol. The van der Waals surface area contributed by atoms with Crippen molar-refractivity contribution in [1.82, 2.24) is 0 Å². The molecule has 5 nitrogen and oxygen atoms in total. The number of Topliss-reactive ketones (excluding diaryl/α,β-unsaturated/α-hetero) is 1. The highest BCUT2D eigenvalue weighted by Gasteiger charge is 2.47. The van der Waals surface area contributed by atoms with Crippen LogP contribution < -0.4 is 9.64 Å². The van der Waals surface area contributed by atoms with Gasteiger partial charge in [0.15, 0.2) is 0 Å². The van der Waals surface area contributed by atoms with E-state index in [2.05, 4.69) is 20.8 Å². The van der Waals surface area contributed by atoms with E-state index in [9.17, 15) is 14.7 Å². The fraction of sp³-hybridized carbons (Fsp3) is 0.241. The van der Waals surface area contributed by atoms with E-state index in [-0.39, 0.29) is 16.7 Å². The normalized spacial score (nSPS) is 17.8. The summed E-state index contributed by atoms with van der Waals surface area (Å²) in [6, 6.07) is 21.5. The third-order valence-electron chi connectivity index (χ3n) is 6.18. The number of ether oxygens (including phenoxy) is 1. The Morgan fingerprint density at radius 3 is 2.18 bits per heavy atom. The monoisotopic (exact) mass is 455 g/mol. The standard InChI is InChI=1S/C29H29NO4/c1-18-11-16-23(34-5)22(17-18)26(31)24-25(19-12-14-20(15-13-19)29(2,3)4)30(28(33)27(24)32)21-9-7-6-8-10-21/h6-17,25,31H,1-5H3/b26-24+. The topological polar surface area (TPSA) is 66.8 Å². The van der Waals surface area contributed by atoms with E-state index in [0.29, 0.717) is 17.0 Å². The van der Waals surface area contributed by atoms with E-state index < -0.39 is 17.7 Å². The average molecular weight is 456 g/mol. The first-order chi connectivity index (χ1) is 16.1. The number of aryl methyl sites for hydroxylation is 1. The number of aliphatic hydroxyl groups is 1. The third-order valence-corrected chi connectivity index (χ3v) is 6.18. The number of carbonyl (C=O) groups excluding carboxylic acids is 2. The van der Waals surface area contributed by atoms with Crippen LogP contribution in [0, 0.1) is 6.92 Å². The van der Waals surface area contributed by atoms with Crippen LogP contribution in [0.2, 0.25) is 0 Å². The van der Waals surface area contributed by atoms with Gasteiger partial charge in [-0.1, -0.05) is 74.9 Å². The molecule has 1 amide bonds. The van der Waals surface area contributed by atoms with Crippen molar-refractivity contribution in [2.75, 3.05) is 12.0 Å². The smallest absolute Gasteiger partial charge is 0.300 e. The SMILES string of the molecule is COc1ccc(C)cc1/C(O)=C1\C(=O)C(=O)N(c2ccccc2)C1c1ccc(C(C)(C)C)cc1. The van der Waals surface area contributed by atoms with Gasteiger partial charge in [0.2, 0.25) is 0 Å². The minimum absolute atomic E-state index is 0.0428. The summed E-state index contributed by atoms with van der Waals surface area (Å²) in [5, 5.41) is 11.4. The van der Waals surface area contributed by atoms with Gasteiger partial charge in [-0.15, -0.1) is 0 Å². The molecule has 0 aromatic heterocycles. The number of benzene rings is 3. The van der Waals surface area contributed by atoms with Crippen LogP contribution in [0.4, 0.5) is 5.69 Å². The van der Waals surface area contributed by atoms with Crippen LogP contribution in [0.25, 0.3) is 5.76 Å². The molecular formula is C29H29NO4. The van der Waals surface area contributed by atoms with Crippen LogP contribution in [0.1, 0.15) is 49.1 Å². The molecule has 1 fully saturated rings. The highest BCUT2D eigenvalue weighted by Crippen LogP contribution is 2.43. The molecule has 1 atom stereocenters. The molecule has 3 aromatic carbocycles. The number of methoxy groups -OCH3 is 1.